The van der Waals surface area contributed by atoms with Crippen molar-refractivity contribution in [2.45, 2.75) is 17.6 Å². The van der Waals surface area contributed by atoms with Gasteiger partial charge in [0.2, 0.25) is 8.87 Å². The van der Waals surface area contributed by atoms with Crippen LogP contribution in [-0.2, 0) is 14.6 Å². The maximum atomic E-state index is 12.8. The van der Waals surface area contributed by atoms with Crippen molar-refractivity contribution >= 4 is 18.8 Å². The molecule has 0 fully saturated rings. The number of aryl methyl sites for hydroxylation is 1. The summed E-state index contributed by atoms with van der Waals surface area (Å²) >= 11 is 0. The highest BCUT2D eigenvalue weighted by Crippen LogP contribution is 2.39. The molecule has 0 aliphatic heterocycles. The van der Waals surface area contributed by atoms with Crippen LogP contribution in [0.5, 0.6) is 0 Å². The first-order valence-corrected chi connectivity index (χ1v) is 12.6. The Labute approximate surface area is 163 Å². The summed E-state index contributed by atoms with van der Waals surface area (Å²) in [5, 5.41) is 9.03. The standard InChI is InChI=1S/C22H21NO2S2/c1-17-6-12-22(13-7-17)27(24,25)26(2)16-18-8-10-20(11-9-18)21-5-3-4-19(14-21)15-23/h3-14,26H,16H2,1-2H3. The van der Waals surface area contributed by atoms with E-state index in [0.29, 0.717) is 16.2 Å². The van der Waals surface area contributed by atoms with Crippen molar-refractivity contribution < 1.29 is 8.42 Å². The molecule has 3 aromatic carbocycles. The Morgan fingerprint density at radius 1 is 0.926 bits per heavy atom. The van der Waals surface area contributed by atoms with Crippen molar-refractivity contribution in [3.8, 4) is 17.2 Å². The second-order valence-corrected chi connectivity index (χ2v) is 12.8. The molecule has 138 valence electrons. The van der Waals surface area contributed by atoms with E-state index in [1.807, 2.05) is 67.8 Å². The fourth-order valence-corrected chi connectivity index (χ4v) is 6.94. The number of hydrogen-bond acceptors (Lipinski definition) is 3. The van der Waals surface area contributed by atoms with E-state index >= 15 is 0 Å². The molecular formula is C22H21NO2S2. The summed E-state index contributed by atoms with van der Waals surface area (Å²) in [7, 11) is -4.53. The summed E-state index contributed by atoms with van der Waals surface area (Å²) in [5.74, 6) is 0.518. The molecule has 3 nitrogen and oxygen atoms in total. The van der Waals surface area contributed by atoms with Crippen LogP contribution in [0.25, 0.3) is 11.1 Å². The zero-order valence-electron chi connectivity index (χ0n) is 15.3. The van der Waals surface area contributed by atoms with Crippen molar-refractivity contribution in [2.75, 3.05) is 6.26 Å². The number of nitriles is 1. The molecule has 3 rings (SSSR count). The van der Waals surface area contributed by atoms with E-state index in [-0.39, 0.29) is 0 Å². The van der Waals surface area contributed by atoms with Crippen LogP contribution >= 0.6 is 9.93 Å². The third-order valence-corrected chi connectivity index (χ3v) is 10.4. The lowest BCUT2D eigenvalue weighted by atomic mass is 10.0. The summed E-state index contributed by atoms with van der Waals surface area (Å²) in [5.41, 5.74) is 4.66. The lowest BCUT2D eigenvalue weighted by Crippen LogP contribution is -2.03. The number of nitrogens with zero attached hydrogens (tertiary/aromatic N) is 1. The van der Waals surface area contributed by atoms with Gasteiger partial charge in [0, 0.05) is 5.75 Å². The van der Waals surface area contributed by atoms with E-state index in [4.69, 9.17) is 5.26 Å². The van der Waals surface area contributed by atoms with Gasteiger partial charge in [-0.25, -0.2) is 8.42 Å². The van der Waals surface area contributed by atoms with Gasteiger partial charge in [0.25, 0.3) is 0 Å². The van der Waals surface area contributed by atoms with Gasteiger partial charge in [0.1, 0.15) is 0 Å². The van der Waals surface area contributed by atoms with Crippen molar-refractivity contribution in [2.24, 2.45) is 0 Å². The van der Waals surface area contributed by atoms with Gasteiger partial charge in [-0.3, -0.25) is 0 Å². The summed E-state index contributed by atoms with van der Waals surface area (Å²) in [6.07, 6.45) is 1.81. The second kappa shape index (κ2) is 7.99. The molecule has 0 amide bonds. The Balaban J connectivity index is 1.78. The van der Waals surface area contributed by atoms with E-state index in [0.717, 1.165) is 22.3 Å². The van der Waals surface area contributed by atoms with Gasteiger partial charge in [-0.2, -0.15) is 5.26 Å². The highest BCUT2D eigenvalue weighted by Gasteiger charge is 2.20. The molecule has 1 atom stereocenters. The monoisotopic (exact) mass is 395 g/mol. The molecule has 0 spiro atoms. The van der Waals surface area contributed by atoms with Crippen LogP contribution in [0, 0.1) is 18.3 Å². The minimum Gasteiger partial charge on any atom is -0.214 e. The molecule has 0 radical (unpaired) electrons. The topological polar surface area (TPSA) is 57.9 Å². The fourth-order valence-electron chi connectivity index (χ4n) is 2.80. The predicted molar refractivity (Wildman–Crippen MR) is 114 cm³/mol. The summed E-state index contributed by atoms with van der Waals surface area (Å²) < 4.78 is 25.6. The number of thiol groups is 1. The second-order valence-electron chi connectivity index (χ2n) is 6.46. The molecule has 5 heteroatoms. The van der Waals surface area contributed by atoms with Gasteiger partial charge in [-0.1, -0.05) is 54.1 Å². The van der Waals surface area contributed by atoms with Crippen LogP contribution in [0.3, 0.4) is 0 Å². The summed E-state index contributed by atoms with van der Waals surface area (Å²) in [6, 6.07) is 24.5. The molecule has 0 aliphatic carbocycles. The van der Waals surface area contributed by atoms with Gasteiger partial charge in [0.15, 0.2) is 0 Å². The third kappa shape index (κ3) is 4.41. The van der Waals surface area contributed by atoms with Crippen LogP contribution in [-0.4, -0.2) is 14.7 Å². The summed E-state index contributed by atoms with van der Waals surface area (Å²) in [6.45, 7) is 1.94. The fraction of sp³-hybridized carbons (Fsp3) is 0.136. The molecule has 0 aromatic heterocycles. The molecule has 0 bridgehead atoms. The highest BCUT2D eigenvalue weighted by molar-refractivity contribution is 8.80. The Hall–Kier alpha value is -2.55. The molecule has 0 saturated heterocycles. The van der Waals surface area contributed by atoms with Gasteiger partial charge >= 0.3 is 0 Å². The van der Waals surface area contributed by atoms with Crippen LogP contribution in [0.4, 0.5) is 0 Å². The van der Waals surface area contributed by atoms with E-state index < -0.39 is 18.8 Å². The minimum absolute atomic E-state index is 0.395. The van der Waals surface area contributed by atoms with Crippen LogP contribution in [0.15, 0.2) is 77.7 Å². The largest absolute Gasteiger partial charge is 0.214 e. The predicted octanol–water partition coefficient (Wildman–Crippen LogP) is 5.05. The molecule has 0 heterocycles. The quantitative estimate of drug-likeness (QED) is 0.486. The SMILES string of the molecule is Cc1ccc(S(=O)(=O)[SH](C)Cc2ccc(-c3cccc(C#N)c3)cc2)cc1. The maximum absolute atomic E-state index is 12.8. The third-order valence-electron chi connectivity index (χ3n) is 4.41. The van der Waals surface area contributed by atoms with Crippen molar-refractivity contribution in [1.29, 1.82) is 5.26 Å². The Morgan fingerprint density at radius 2 is 1.59 bits per heavy atom. The number of rotatable bonds is 5. The van der Waals surface area contributed by atoms with E-state index in [1.165, 1.54) is 0 Å². The molecule has 0 N–H and O–H groups in total. The van der Waals surface area contributed by atoms with E-state index in [1.54, 1.807) is 18.2 Å². The number of hydrogen-bond donors (Lipinski definition) is 1. The van der Waals surface area contributed by atoms with E-state index in [9.17, 15) is 8.42 Å². The average Bonchev–Trinajstić information content (AvgIpc) is 2.69. The lowest BCUT2D eigenvalue weighted by Gasteiger charge is -2.17. The number of benzene rings is 3. The van der Waals surface area contributed by atoms with E-state index in [2.05, 4.69) is 6.07 Å². The Kier molecular flexibility index (Phi) is 5.69. The van der Waals surface area contributed by atoms with Gasteiger partial charge in [0.05, 0.1) is 16.5 Å². The molecule has 1 unspecified atom stereocenters. The molecule has 27 heavy (non-hydrogen) atoms. The van der Waals surface area contributed by atoms with Crippen molar-refractivity contribution in [3.05, 3.63) is 89.5 Å². The first-order valence-electron chi connectivity index (χ1n) is 8.52. The maximum Gasteiger partial charge on any atom is 0.210 e. The molecular weight excluding hydrogens is 374 g/mol. The smallest absolute Gasteiger partial charge is 0.210 e. The minimum atomic E-state index is -3.30. The van der Waals surface area contributed by atoms with Crippen LogP contribution in [0.1, 0.15) is 16.7 Å². The normalized spacial score (nSPS) is 13.0. The zero-order chi connectivity index (χ0) is 19.4. The van der Waals surface area contributed by atoms with Crippen molar-refractivity contribution in [1.82, 2.24) is 0 Å². The zero-order valence-corrected chi connectivity index (χ0v) is 17.0. The van der Waals surface area contributed by atoms with Crippen molar-refractivity contribution in [3.63, 3.8) is 0 Å². The van der Waals surface area contributed by atoms with Crippen LogP contribution in [0.2, 0.25) is 0 Å². The highest BCUT2D eigenvalue weighted by atomic mass is 33.2. The van der Waals surface area contributed by atoms with Gasteiger partial charge in [-0.15, -0.1) is 9.93 Å². The molecule has 0 aliphatic rings. The molecule has 0 saturated carbocycles. The lowest BCUT2D eigenvalue weighted by molar-refractivity contribution is 0.610. The first-order chi connectivity index (χ1) is 12.9. The average molecular weight is 396 g/mol. The van der Waals surface area contributed by atoms with Gasteiger partial charge in [-0.05, 0) is 54.1 Å². The Bertz CT molecular complexity index is 1080. The Morgan fingerprint density at radius 3 is 2.22 bits per heavy atom. The summed E-state index contributed by atoms with van der Waals surface area (Å²) in [4.78, 5) is 0.395. The van der Waals surface area contributed by atoms with Gasteiger partial charge < -0.3 is 0 Å². The first kappa shape index (κ1) is 19.2. The van der Waals surface area contributed by atoms with Crippen LogP contribution < -0.4 is 0 Å². The molecule has 3 aromatic rings.